The molecule has 0 fully saturated rings. The Balaban J connectivity index is 2.50. The van der Waals surface area contributed by atoms with Gasteiger partial charge < -0.3 is 0 Å². The fraction of sp³-hybridized carbons (Fsp3) is 0.500. The molecular weight excluding hydrogens is 90.1 g/mol. The maximum atomic E-state index is 3.99. The maximum absolute atomic E-state index is 3.99. The molecule has 0 aromatic heterocycles. The summed E-state index contributed by atoms with van der Waals surface area (Å²) in [5.74, 6) is 0.891. The van der Waals surface area contributed by atoms with Crippen LogP contribution in [0.1, 0.15) is 6.92 Å². The molecule has 0 spiro atoms. The molecule has 1 heterocycles. The van der Waals surface area contributed by atoms with E-state index in [-0.39, 0.29) is 0 Å². The molecule has 0 bridgehead atoms. The lowest BCUT2D eigenvalue weighted by molar-refractivity contribution is 0.976. The van der Waals surface area contributed by atoms with Crippen LogP contribution in [0.15, 0.2) is 10.1 Å². The van der Waals surface area contributed by atoms with Gasteiger partial charge in [0.15, 0.2) is 0 Å². The fourth-order valence-corrected chi connectivity index (χ4v) is 0.393. The highest BCUT2D eigenvalue weighted by Gasteiger charge is 1.87. The van der Waals surface area contributed by atoms with Crippen molar-refractivity contribution in [3.05, 3.63) is 0 Å². The lowest BCUT2D eigenvalue weighted by atomic mass is 10.6. The Morgan fingerprint density at radius 2 is 2.71 bits per heavy atom. The quantitative estimate of drug-likeness (QED) is 0.453. The van der Waals surface area contributed by atoms with Gasteiger partial charge >= 0.3 is 0 Å². The first kappa shape index (κ1) is 4.30. The maximum Gasteiger partial charge on any atom is 0.114 e. The summed E-state index contributed by atoms with van der Waals surface area (Å²) in [6.45, 7) is 2.61. The topological polar surface area (TPSA) is 36.8 Å². The highest BCUT2D eigenvalue weighted by atomic mass is 15.3. The van der Waals surface area contributed by atoms with Crippen LogP contribution in [0, 0.1) is 0 Å². The SMILES string of the molecule is CC1=NCC=NN1. The summed E-state index contributed by atoms with van der Waals surface area (Å²) < 4.78 is 0. The van der Waals surface area contributed by atoms with E-state index in [0.29, 0.717) is 0 Å². The van der Waals surface area contributed by atoms with Gasteiger partial charge in [-0.2, -0.15) is 5.10 Å². The molecule has 1 aliphatic heterocycles. The molecule has 0 atom stereocenters. The Kier molecular flexibility index (Phi) is 1.06. The lowest BCUT2D eigenvalue weighted by Crippen LogP contribution is -2.18. The largest absolute Gasteiger partial charge is 0.266 e. The van der Waals surface area contributed by atoms with Crippen molar-refractivity contribution < 1.29 is 0 Å². The zero-order chi connectivity index (χ0) is 5.11. The zero-order valence-corrected chi connectivity index (χ0v) is 4.18. The highest BCUT2D eigenvalue weighted by Crippen LogP contribution is 1.76. The lowest BCUT2D eigenvalue weighted by Gasteiger charge is -2.00. The van der Waals surface area contributed by atoms with Crippen molar-refractivity contribution in [3.8, 4) is 0 Å². The Bertz CT molecular complexity index is 114. The van der Waals surface area contributed by atoms with Crippen LogP contribution >= 0.6 is 0 Å². The monoisotopic (exact) mass is 97.1 g/mol. The molecule has 0 unspecified atom stereocenters. The highest BCUT2D eigenvalue weighted by molar-refractivity contribution is 5.83. The van der Waals surface area contributed by atoms with E-state index in [9.17, 15) is 0 Å². The van der Waals surface area contributed by atoms with Gasteiger partial charge in [0.25, 0.3) is 0 Å². The first-order valence-corrected chi connectivity index (χ1v) is 2.18. The van der Waals surface area contributed by atoms with Gasteiger partial charge in [-0.1, -0.05) is 0 Å². The van der Waals surface area contributed by atoms with Crippen molar-refractivity contribution in [1.29, 1.82) is 0 Å². The van der Waals surface area contributed by atoms with E-state index in [1.807, 2.05) is 6.92 Å². The molecule has 0 saturated heterocycles. The van der Waals surface area contributed by atoms with Crippen LogP contribution in [0.5, 0.6) is 0 Å². The number of rotatable bonds is 0. The molecule has 0 radical (unpaired) electrons. The van der Waals surface area contributed by atoms with Crippen molar-refractivity contribution in [1.82, 2.24) is 5.43 Å². The van der Waals surface area contributed by atoms with E-state index in [4.69, 9.17) is 0 Å². The van der Waals surface area contributed by atoms with E-state index in [2.05, 4.69) is 15.5 Å². The second-order valence-corrected chi connectivity index (χ2v) is 1.35. The van der Waals surface area contributed by atoms with E-state index in [1.54, 1.807) is 6.21 Å². The second kappa shape index (κ2) is 1.73. The third-order valence-electron chi connectivity index (χ3n) is 0.728. The van der Waals surface area contributed by atoms with Gasteiger partial charge in [-0.25, -0.2) is 0 Å². The average molecular weight is 97.1 g/mol. The van der Waals surface area contributed by atoms with Crippen LogP contribution in [0.2, 0.25) is 0 Å². The average Bonchev–Trinajstić information content (AvgIpc) is 1.69. The molecule has 0 aromatic rings. The van der Waals surface area contributed by atoms with Crippen molar-refractivity contribution in [2.24, 2.45) is 10.1 Å². The number of aliphatic imine (C=N–C) groups is 1. The predicted molar refractivity (Wildman–Crippen MR) is 29.6 cm³/mol. The summed E-state index contributed by atoms with van der Waals surface area (Å²) in [6.07, 6.45) is 1.73. The van der Waals surface area contributed by atoms with Crippen molar-refractivity contribution in [2.45, 2.75) is 6.92 Å². The van der Waals surface area contributed by atoms with Crippen LogP contribution in [0.4, 0.5) is 0 Å². The van der Waals surface area contributed by atoms with Crippen molar-refractivity contribution in [3.63, 3.8) is 0 Å². The Morgan fingerprint density at radius 3 is 3.00 bits per heavy atom. The van der Waals surface area contributed by atoms with E-state index in [1.165, 1.54) is 0 Å². The Hall–Kier alpha value is -0.860. The third-order valence-corrected chi connectivity index (χ3v) is 0.728. The summed E-state index contributed by atoms with van der Waals surface area (Å²) in [5, 5.41) is 3.75. The van der Waals surface area contributed by atoms with Gasteiger partial charge in [0, 0.05) is 6.21 Å². The van der Waals surface area contributed by atoms with Crippen LogP contribution < -0.4 is 5.43 Å². The molecule has 1 rings (SSSR count). The van der Waals surface area contributed by atoms with Crippen LogP contribution in [0.3, 0.4) is 0 Å². The minimum Gasteiger partial charge on any atom is -0.266 e. The van der Waals surface area contributed by atoms with Crippen molar-refractivity contribution >= 4 is 12.1 Å². The Morgan fingerprint density at radius 1 is 1.86 bits per heavy atom. The number of amidine groups is 1. The fourth-order valence-electron chi connectivity index (χ4n) is 0.393. The summed E-state index contributed by atoms with van der Waals surface area (Å²) in [5.41, 5.74) is 2.70. The standard InChI is InChI=1S/C4H7N3/c1-4-5-2-3-6-7-4/h3H,2H2,1H3,(H,5,7). The normalized spacial score (nSPS) is 18.1. The van der Waals surface area contributed by atoms with Crippen LogP contribution in [-0.4, -0.2) is 18.6 Å². The summed E-state index contributed by atoms with van der Waals surface area (Å²) in [7, 11) is 0. The molecule has 0 saturated carbocycles. The predicted octanol–water partition coefficient (Wildman–Crippen LogP) is -0.00620. The summed E-state index contributed by atoms with van der Waals surface area (Å²) in [4.78, 5) is 3.99. The molecule has 7 heavy (non-hydrogen) atoms. The molecule has 0 aromatic carbocycles. The number of hydrogen-bond acceptors (Lipinski definition) is 3. The van der Waals surface area contributed by atoms with Gasteiger partial charge in [-0.3, -0.25) is 10.4 Å². The molecule has 3 heteroatoms. The molecule has 3 nitrogen and oxygen atoms in total. The van der Waals surface area contributed by atoms with E-state index in [0.717, 1.165) is 12.4 Å². The van der Waals surface area contributed by atoms with Gasteiger partial charge in [0.1, 0.15) is 5.84 Å². The first-order valence-electron chi connectivity index (χ1n) is 2.18. The molecular formula is C4H7N3. The first-order chi connectivity index (χ1) is 3.39. The molecule has 1 aliphatic rings. The molecule has 1 N–H and O–H groups in total. The second-order valence-electron chi connectivity index (χ2n) is 1.35. The number of hydrazone groups is 1. The smallest absolute Gasteiger partial charge is 0.114 e. The zero-order valence-electron chi connectivity index (χ0n) is 4.18. The number of hydrogen-bond donors (Lipinski definition) is 1. The van der Waals surface area contributed by atoms with Gasteiger partial charge in [0.2, 0.25) is 0 Å². The molecule has 0 amide bonds. The Labute approximate surface area is 42.1 Å². The molecule has 38 valence electrons. The van der Waals surface area contributed by atoms with Crippen LogP contribution in [-0.2, 0) is 0 Å². The van der Waals surface area contributed by atoms with Crippen molar-refractivity contribution in [2.75, 3.05) is 6.54 Å². The minimum absolute atomic E-state index is 0.721. The molecule has 0 aliphatic carbocycles. The van der Waals surface area contributed by atoms with Gasteiger partial charge in [0.05, 0.1) is 6.54 Å². The third kappa shape index (κ3) is 0.994. The number of nitrogens with one attached hydrogen (secondary N) is 1. The summed E-state index contributed by atoms with van der Waals surface area (Å²) in [6, 6.07) is 0. The summed E-state index contributed by atoms with van der Waals surface area (Å²) >= 11 is 0. The van der Waals surface area contributed by atoms with Gasteiger partial charge in [-0.15, -0.1) is 0 Å². The van der Waals surface area contributed by atoms with Crippen LogP contribution in [0.25, 0.3) is 0 Å². The van der Waals surface area contributed by atoms with E-state index >= 15 is 0 Å². The van der Waals surface area contributed by atoms with E-state index < -0.39 is 0 Å². The number of nitrogens with zero attached hydrogens (tertiary/aromatic N) is 2. The minimum atomic E-state index is 0.721. The van der Waals surface area contributed by atoms with Gasteiger partial charge in [-0.05, 0) is 6.92 Å².